The molecular weight excluding hydrogens is 399 g/mol. The third kappa shape index (κ3) is 4.15. The molecule has 0 atom stereocenters. The Morgan fingerprint density at radius 2 is 2.07 bits per heavy atom. The second-order valence-corrected chi connectivity index (χ2v) is 8.14. The van der Waals surface area contributed by atoms with E-state index in [1.54, 1.807) is 6.07 Å². The van der Waals surface area contributed by atoms with E-state index in [0.29, 0.717) is 5.69 Å². The smallest absolute Gasteiger partial charge is 0.262 e. The van der Waals surface area contributed by atoms with Crippen LogP contribution in [0.1, 0.15) is 0 Å². The number of anilines is 1. The van der Waals surface area contributed by atoms with E-state index in [-0.39, 0.29) is 47.1 Å². The standard InChI is InChI=1S/C17H16ClFN2O5S/c1-21(6-7-25-14-5-3-2-4-12(14)19)27(23,24)16-9-15-13(8-11(16)18)20-17(22)10-26-15/h2-5,8-9H,6-7,10H2,1H3,(H,20,22). The summed E-state index contributed by atoms with van der Waals surface area (Å²) in [6, 6.07) is 8.44. The fraction of sp³-hybridized carbons (Fsp3) is 0.235. The first-order valence-electron chi connectivity index (χ1n) is 7.89. The number of nitrogens with zero attached hydrogens (tertiary/aromatic N) is 1. The van der Waals surface area contributed by atoms with Crippen LogP contribution >= 0.6 is 11.6 Å². The summed E-state index contributed by atoms with van der Waals surface area (Å²) in [5, 5.41) is 2.50. The first-order chi connectivity index (χ1) is 12.8. The van der Waals surface area contributed by atoms with E-state index >= 15 is 0 Å². The van der Waals surface area contributed by atoms with Crippen LogP contribution in [0.2, 0.25) is 5.02 Å². The molecule has 7 nitrogen and oxygen atoms in total. The van der Waals surface area contributed by atoms with Gasteiger partial charge in [-0.15, -0.1) is 0 Å². The lowest BCUT2D eigenvalue weighted by Gasteiger charge is -2.22. The minimum Gasteiger partial charge on any atom is -0.489 e. The van der Waals surface area contributed by atoms with Crippen molar-refractivity contribution in [2.75, 3.05) is 32.1 Å². The second-order valence-electron chi connectivity index (χ2n) is 5.72. The minimum absolute atomic E-state index is 0.0261. The molecule has 2 aromatic rings. The molecule has 0 saturated heterocycles. The summed E-state index contributed by atoms with van der Waals surface area (Å²) >= 11 is 6.09. The van der Waals surface area contributed by atoms with Crippen molar-refractivity contribution in [3.8, 4) is 11.5 Å². The Kier molecular flexibility index (Phi) is 5.54. The molecule has 0 spiro atoms. The number of carbonyl (C=O) groups is 1. The van der Waals surface area contributed by atoms with E-state index in [1.807, 2.05) is 0 Å². The zero-order valence-electron chi connectivity index (χ0n) is 14.2. The van der Waals surface area contributed by atoms with E-state index in [4.69, 9.17) is 21.1 Å². The highest BCUT2D eigenvalue weighted by Crippen LogP contribution is 2.36. The third-order valence-corrected chi connectivity index (χ3v) is 6.18. The molecule has 2 aromatic carbocycles. The van der Waals surface area contributed by atoms with Crippen LogP contribution in [0.3, 0.4) is 0 Å². The largest absolute Gasteiger partial charge is 0.489 e. The summed E-state index contributed by atoms with van der Waals surface area (Å²) in [7, 11) is -2.59. The lowest BCUT2D eigenvalue weighted by Crippen LogP contribution is -2.31. The molecular formula is C17H16ClFN2O5S. The molecule has 0 saturated carbocycles. The van der Waals surface area contributed by atoms with Gasteiger partial charge in [-0.2, -0.15) is 4.31 Å². The number of hydrogen-bond donors (Lipinski definition) is 1. The molecule has 144 valence electrons. The molecule has 1 N–H and O–H groups in total. The lowest BCUT2D eigenvalue weighted by atomic mass is 10.2. The molecule has 0 aromatic heterocycles. The number of carbonyl (C=O) groups excluding carboxylic acids is 1. The summed E-state index contributed by atoms with van der Waals surface area (Å²) in [6.45, 7) is -0.284. The van der Waals surface area contributed by atoms with Gasteiger partial charge in [0.25, 0.3) is 5.91 Å². The molecule has 0 unspecified atom stereocenters. The summed E-state index contributed by atoms with van der Waals surface area (Å²) in [4.78, 5) is 11.2. The molecule has 0 aliphatic carbocycles. The number of rotatable bonds is 6. The number of nitrogens with one attached hydrogen (secondary N) is 1. The van der Waals surface area contributed by atoms with Crippen molar-refractivity contribution in [3.05, 3.63) is 47.2 Å². The van der Waals surface area contributed by atoms with E-state index < -0.39 is 15.8 Å². The molecule has 1 heterocycles. The number of benzene rings is 2. The highest BCUT2D eigenvalue weighted by atomic mass is 35.5. The van der Waals surface area contributed by atoms with Crippen LogP contribution in [0.5, 0.6) is 11.5 Å². The fourth-order valence-corrected chi connectivity index (χ4v) is 4.08. The normalized spacial score (nSPS) is 13.7. The van der Waals surface area contributed by atoms with Gasteiger partial charge in [0.05, 0.1) is 10.7 Å². The number of fused-ring (bicyclic) bond motifs is 1. The van der Waals surface area contributed by atoms with Crippen molar-refractivity contribution in [1.82, 2.24) is 4.31 Å². The number of ether oxygens (including phenoxy) is 2. The van der Waals surface area contributed by atoms with Crippen LogP contribution in [0.4, 0.5) is 10.1 Å². The fourth-order valence-electron chi connectivity index (χ4n) is 2.41. The average Bonchev–Trinajstić information content (AvgIpc) is 2.62. The van der Waals surface area contributed by atoms with Gasteiger partial charge in [-0.05, 0) is 18.2 Å². The number of sulfonamides is 1. The summed E-state index contributed by atoms with van der Waals surface area (Å²) in [5.74, 6) is -0.621. The molecule has 27 heavy (non-hydrogen) atoms. The predicted molar refractivity (Wildman–Crippen MR) is 97.3 cm³/mol. The molecule has 1 aliphatic rings. The Morgan fingerprint density at radius 1 is 1.33 bits per heavy atom. The molecule has 0 bridgehead atoms. The van der Waals surface area contributed by atoms with Crippen LogP contribution in [-0.2, 0) is 14.8 Å². The SMILES string of the molecule is CN(CCOc1ccccc1F)S(=O)(=O)c1cc2c(cc1Cl)NC(=O)CO2. The van der Waals surface area contributed by atoms with Crippen LogP contribution in [0.15, 0.2) is 41.3 Å². The Bertz CT molecular complexity index is 983. The molecule has 1 amide bonds. The Labute approximate surface area is 160 Å². The van der Waals surface area contributed by atoms with Gasteiger partial charge in [0.2, 0.25) is 10.0 Å². The molecule has 0 fully saturated rings. The molecule has 10 heteroatoms. The average molecular weight is 415 g/mol. The van der Waals surface area contributed by atoms with Gasteiger partial charge >= 0.3 is 0 Å². The number of amides is 1. The number of halogens is 2. The Morgan fingerprint density at radius 3 is 2.81 bits per heavy atom. The number of hydrogen-bond acceptors (Lipinski definition) is 5. The van der Waals surface area contributed by atoms with Gasteiger partial charge in [-0.1, -0.05) is 23.7 Å². The topological polar surface area (TPSA) is 84.9 Å². The van der Waals surface area contributed by atoms with Gasteiger partial charge in [0.1, 0.15) is 17.3 Å². The highest BCUT2D eigenvalue weighted by Gasteiger charge is 2.27. The maximum absolute atomic E-state index is 13.5. The zero-order chi connectivity index (χ0) is 19.6. The first kappa shape index (κ1) is 19.4. The van der Waals surface area contributed by atoms with Crippen molar-refractivity contribution < 1.29 is 27.1 Å². The van der Waals surface area contributed by atoms with Gasteiger partial charge < -0.3 is 14.8 Å². The van der Waals surface area contributed by atoms with Gasteiger partial charge in [0.15, 0.2) is 18.2 Å². The number of para-hydroxylation sites is 1. The maximum atomic E-state index is 13.5. The van der Waals surface area contributed by atoms with Gasteiger partial charge in [-0.25, -0.2) is 12.8 Å². The van der Waals surface area contributed by atoms with Gasteiger partial charge in [0, 0.05) is 19.7 Å². The quantitative estimate of drug-likeness (QED) is 0.785. The summed E-state index contributed by atoms with van der Waals surface area (Å²) < 4.78 is 50.7. The van der Waals surface area contributed by atoms with Crippen LogP contribution < -0.4 is 14.8 Å². The zero-order valence-corrected chi connectivity index (χ0v) is 15.8. The van der Waals surface area contributed by atoms with Crippen molar-refractivity contribution >= 4 is 33.2 Å². The Hall–Kier alpha value is -2.36. The third-order valence-electron chi connectivity index (χ3n) is 3.86. The second kappa shape index (κ2) is 7.71. The van der Waals surface area contributed by atoms with E-state index in [1.165, 1.54) is 37.4 Å². The van der Waals surface area contributed by atoms with Crippen molar-refractivity contribution in [3.63, 3.8) is 0 Å². The Balaban J connectivity index is 1.73. The van der Waals surface area contributed by atoms with Crippen LogP contribution in [0, 0.1) is 5.82 Å². The molecule has 1 aliphatic heterocycles. The lowest BCUT2D eigenvalue weighted by molar-refractivity contribution is -0.118. The van der Waals surface area contributed by atoms with E-state index in [9.17, 15) is 17.6 Å². The van der Waals surface area contributed by atoms with Crippen molar-refractivity contribution in [1.29, 1.82) is 0 Å². The van der Waals surface area contributed by atoms with Crippen molar-refractivity contribution in [2.45, 2.75) is 4.90 Å². The number of likely N-dealkylation sites (N-methyl/N-ethyl adjacent to an activating group) is 1. The summed E-state index contributed by atoms with van der Waals surface area (Å²) in [6.07, 6.45) is 0. The maximum Gasteiger partial charge on any atom is 0.262 e. The van der Waals surface area contributed by atoms with Crippen LogP contribution in [-0.4, -0.2) is 45.4 Å². The van der Waals surface area contributed by atoms with Crippen molar-refractivity contribution in [2.24, 2.45) is 0 Å². The molecule has 3 rings (SSSR count). The monoisotopic (exact) mass is 414 g/mol. The highest BCUT2D eigenvalue weighted by molar-refractivity contribution is 7.89. The van der Waals surface area contributed by atoms with E-state index in [0.717, 1.165) is 4.31 Å². The van der Waals surface area contributed by atoms with Gasteiger partial charge in [-0.3, -0.25) is 4.79 Å². The summed E-state index contributed by atoms with van der Waals surface area (Å²) in [5.41, 5.74) is 0.306. The predicted octanol–water partition coefficient (Wildman–Crippen LogP) is 2.51. The minimum atomic E-state index is -3.95. The molecule has 0 radical (unpaired) electrons. The van der Waals surface area contributed by atoms with Crippen LogP contribution in [0.25, 0.3) is 0 Å². The first-order valence-corrected chi connectivity index (χ1v) is 9.70. The van der Waals surface area contributed by atoms with E-state index in [2.05, 4.69) is 5.32 Å².